The number of nitrogens with one attached hydrogen (secondary N) is 1. The van der Waals surface area contributed by atoms with Crippen LogP contribution in [0, 0.1) is 5.41 Å². The van der Waals surface area contributed by atoms with Crippen LogP contribution in [0.1, 0.15) is 48.1 Å². The molecule has 0 fully saturated rings. The second kappa shape index (κ2) is 9.98. The first-order valence-corrected chi connectivity index (χ1v) is 12.4. The Kier molecular flexibility index (Phi) is 6.54. The van der Waals surface area contributed by atoms with Gasteiger partial charge in [-0.1, -0.05) is 24.3 Å². The quantitative estimate of drug-likeness (QED) is 0.171. The molecule has 3 N–H and O–H groups in total. The highest BCUT2D eigenvalue weighted by Crippen LogP contribution is 2.39. The van der Waals surface area contributed by atoms with Crippen molar-refractivity contribution in [1.29, 1.82) is 5.41 Å². The molecule has 0 bridgehead atoms. The van der Waals surface area contributed by atoms with Gasteiger partial charge in [-0.2, -0.15) is 0 Å². The molecule has 0 aliphatic rings. The summed E-state index contributed by atoms with van der Waals surface area (Å²) >= 11 is 0. The fraction of sp³-hybridized carbons (Fsp3) is 0.129. The zero-order chi connectivity index (χ0) is 27.7. The monoisotopic (exact) mass is 517 g/mol. The molecular formula is C31H27N5O3. The molecule has 0 atom stereocenters. The number of carbonyl (C=O) groups is 1. The molecule has 0 unspecified atom stereocenters. The molecule has 194 valence electrons. The summed E-state index contributed by atoms with van der Waals surface area (Å²) in [6.45, 7) is 5.22. The number of aliphatic hydroxyl groups is 1. The molecular weight excluding hydrogens is 490 g/mol. The smallest absolute Gasteiger partial charge is 0.335 e. The predicted molar refractivity (Wildman–Crippen MR) is 151 cm³/mol. The maximum Gasteiger partial charge on any atom is 0.335 e. The molecule has 5 rings (SSSR count). The van der Waals surface area contributed by atoms with E-state index in [1.54, 1.807) is 56.7 Å². The molecule has 0 saturated heterocycles. The van der Waals surface area contributed by atoms with E-state index in [0.29, 0.717) is 16.7 Å². The Hall–Kier alpha value is -5.11. The number of pyridine rings is 3. The van der Waals surface area contributed by atoms with E-state index in [2.05, 4.69) is 4.57 Å². The number of aromatic carboxylic acids is 1. The van der Waals surface area contributed by atoms with Gasteiger partial charge in [0.15, 0.2) is 0 Å². The summed E-state index contributed by atoms with van der Waals surface area (Å²) in [5, 5.41) is 28.0. The van der Waals surface area contributed by atoms with Gasteiger partial charge < -0.3 is 20.2 Å². The third kappa shape index (κ3) is 4.46. The maximum absolute atomic E-state index is 11.4. The van der Waals surface area contributed by atoms with Crippen molar-refractivity contribution in [1.82, 2.24) is 19.5 Å². The van der Waals surface area contributed by atoms with Crippen LogP contribution in [0.4, 0.5) is 0 Å². The van der Waals surface area contributed by atoms with E-state index in [-0.39, 0.29) is 17.0 Å². The fourth-order valence-corrected chi connectivity index (χ4v) is 4.99. The highest BCUT2D eigenvalue weighted by Gasteiger charge is 2.36. The average molecular weight is 518 g/mol. The third-order valence-corrected chi connectivity index (χ3v) is 6.92. The number of hydrogen-bond donors (Lipinski definition) is 3. The number of aliphatic hydroxyl groups excluding tert-OH is 1. The number of hydrogen-bond acceptors (Lipinski definition) is 6. The lowest BCUT2D eigenvalue weighted by atomic mass is 9.91. The van der Waals surface area contributed by atoms with Crippen LogP contribution in [-0.2, 0) is 5.54 Å². The highest BCUT2D eigenvalue weighted by molar-refractivity contribution is 6.22. The van der Waals surface area contributed by atoms with Gasteiger partial charge in [-0.05, 0) is 68.8 Å². The molecule has 4 aromatic heterocycles. The van der Waals surface area contributed by atoms with Gasteiger partial charge in [0.2, 0.25) is 0 Å². The van der Waals surface area contributed by atoms with Gasteiger partial charge in [-0.15, -0.1) is 0 Å². The summed E-state index contributed by atoms with van der Waals surface area (Å²) in [4.78, 5) is 25.7. The van der Waals surface area contributed by atoms with Crippen molar-refractivity contribution in [3.8, 4) is 11.1 Å². The standard InChI is InChI=1S/C31H27N5O3/c1-19(32)28(20(2)37)23-16-25-29(35-17-23)24(21-10-12-22(13-11-21)30(38)39)18-36(25)31(3,26-8-4-6-14-33-26)27-9-5-7-15-34-27/h4-18,32,37H,1-3H3,(H,38,39)/b28-20+,32-19?. The summed E-state index contributed by atoms with van der Waals surface area (Å²) in [5.74, 6) is -0.964. The minimum absolute atomic E-state index is 0.0310. The van der Waals surface area contributed by atoms with Crippen LogP contribution in [0.3, 0.4) is 0 Å². The molecule has 0 radical (unpaired) electrons. The van der Waals surface area contributed by atoms with Crippen LogP contribution in [0.2, 0.25) is 0 Å². The van der Waals surface area contributed by atoms with Crippen LogP contribution in [0.25, 0.3) is 27.7 Å². The average Bonchev–Trinajstić information content (AvgIpc) is 3.32. The summed E-state index contributed by atoms with van der Waals surface area (Å²) in [6.07, 6.45) is 7.11. The van der Waals surface area contributed by atoms with Crippen molar-refractivity contribution >= 4 is 28.3 Å². The predicted octanol–water partition coefficient (Wildman–Crippen LogP) is 6.33. The van der Waals surface area contributed by atoms with Gasteiger partial charge in [0.1, 0.15) is 5.54 Å². The Bertz CT molecular complexity index is 1680. The molecule has 0 spiro atoms. The van der Waals surface area contributed by atoms with Crippen LogP contribution in [0.15, 0.2) is 97.3 Å². The van der Waals surface area contributed by atoms with Crippen molar-refractivity contribution in [3.05, 3.63) is 120 Å². The van der Waals surface area contributed by atoms with E-state index in [1.807, 2.05) is 55.6 Å². The number of allylic oxidation sites excluding steroid dienone is 2. The Morgan fingerprint density at radius 3 is 1.97 bits per heavy atom. The van der Waals surface area contributed by atoms with Crippen LogP contribution >= 0.6 is 0 Å². The lowest BCUT2D eigenvalue weighted by molar-refractivity contribution is 0.0697. The first-order chi connectivity index (χ1) is 18.7. The Morgan fingerprint density at radius 2 is 1.49 bits per heavy atom. The minimum atomic E-state index is -0.995. The van der Waals surface area contributed by atoms with E-state index in [9.17, 15) is 15.0 Å². The zero-order valence-electron chi connectivity index (χ0n) is 21.8. The molecule has 1 aromatic carbocycles. The van der Waals surface area contributed by atoms with Crippen molar-refractivity contribution in [2.45, 2.75) is 26.3 Å². The first-order valence-electron chi connectivity index (χ1n) is 12.4. The lowest BCUT2D eigenvalue weighted by Gasteiger charge is -2.31. The van der Waals surface area contributed by atoms with Crippen LogP contribution in [0.5, 0.6) is 0 Å². The number of benzene rings is 1. The topological polar surface area (TPSA) is 125 Å². The summed E-state index contributed by atoms with van der Waals surface area (Å²) < 4.78 is 2.06. The lowest BCUT2D eigenvalue weighted by Crippen LogP contribution is -2.34. The minimum Gasteiger partial charge on any atom is -0.512 e. The van der Waals surface area contributed by atoms with Gasteiger partial charge in [0.05, 0.1) is 33.7 Å². The molecule has 8 heteroatoms. The van der Waals surface area contributed by atoms with Gasteiger partial charge in [-0.25, -0.2) is 4.79 Å². The molecule has 0 amide bonds. The molecule has 0 saturated carbocycles. The van der Waals surface area contributed by atoms with Gasteiger partial charge >= 0.3 is 5.97 Å². The molecule has 8 nitrogen and oxygen atoms in total. The Morgan fingerprint density at radius 1 is 0.872 bits per heavy atom. The van der Waals surface area contributed by atoms with E-state index < -0.39 is 11.5 Å². The molecule has 5 aromatic rings. The Labute approximate surface area is 225 Å². The van der Waals surface area contributed by atoms with Crippen molar-refractivity contribution in [2.24, 2.45) is 0 Å². The normalized spacial score (nSPS) is 12.3. The van der Waals surface area contributed by atoms with Crippen LogP contribution < -0.4 is 0 Å². The zero-order valence-corrected chi connectivity index (χ0v) is 21.8. The SMILES string of the molecule is CC(=N)/C(=C(/C)O)c1cnc2c(-c3ccc(C(=O)O)cc3)cn(C(C)(c3ccccn3)c3ccccn3)c2c1. The fourth-order valence-electron chi connectivity index (χ4n) is 4.99. The maximum atomic E-state index is 11.4. The number of aromatic nitrogens is 4. The van der Waals surface area contributed by atoms with Crippen molar-refractivity contribution in [2.75, 3.05) is 0 Å². The second-order valence-corrected chi connectivity index (χ2v) is 9.47. The summed E-state index contributed by atoms with van der Waals surface area (Å²) in [6, 6.07) is 20.1. The number of carboxylic acids is 1. The summed E-state index contributed by atoms with van der Waals surface area (Å²) in [5.41, 5.74) is 5.09. The highest BCUT2D eigenvalue weighted by atomic mass is 16.4. The number of rotatable bonds is 7. The largest absolute Gasteiger partial charge is 0.512 e. The van der Waals surface area contributed by atoms with E-state index in [4.69, 9.17) is 20.4 Å². The van der Waals surface area contributed by atoms with E-state index in [1.165, 1.54) is 0 Å². The van der Waals surface area contributed by atoms with Crippen LogP contribution in [-0.4, -0.2) is 41.4 Å². The first kappa shape index (κ1) is 25.5. The van der Waals surface area contributed by atoms with E-state index in [0.717, 1.165) is 28.0 Å². The third-order valence-electron chi connectivity index (χ3n) is 6.92. The van der Waals surface area contributed by atoms with E-state index >= 15 is 0 Å². The molecule has 0 aliphatic heterocycles. The van der Waals surface area contributed by atoms with Gasteiger partial charge in [0.25, 0.3) is 0 Å². The molecule has 39 heavy (non-hydrogen) atoms. The number of nitrogens with zero attached hydrogens (tertiary/aromatic N) is 4. The molecule has 4 heterocycles. The molecule has 0 aliphatic carbocycles. The number of fused-ring (bicyclic) bond motifs is 1. The summed E-state index contributed by atoms with van der Waals surface area (Å²) in [7, 11) is 0. The van der Waals surface area contributed by atoms with Gasteiger partial charge in [0, 0.05) is 47.2 Å². The second-order valence-electron chi connectivity index (χ2n) is 9.47. The van der Waals surface area contributed by atoms with Crippen molar-refractivity contribution < 1.29 is 15.0 Å². The van der Waals surface area contributed by atoms with Crippen molar-refractivity contribution in [3.63, 3.8) is 0 Å². The Balaban J connectivity index is 1.87. The van der Waals surface area contributed by atoms with Gasteiger partial charge in [-0.3, -0.25) is 15.0 Å². The number of carboxylic acid groups (broad SMARTS) is 1.